The molecule has 0 saturated carbocycles. The van der Waals surface area contributed by atoms with Crippen molar-refractivity contribution >= 4 is 22.8 Å². The minimum atomic E-state index is -0.776. The summed E-state index contributed by atoms with van der Waals surface area (Å²) >= 11 is 0. The lowest BCUT2D eigenvalue weighted by Gasteiger charge is -2.32. The first-order valence-electron chi connectivity index (χ1n) is 7.59. The van der Waals surface area contributed by atoms with Crippen LogP contribution in [-0.4, -0.2) is 45.2 Å². The third kappa shape index (κ3) is 2.95. The highest BCUT2D eigenvalue weighted by molar-refractivity contribution is 6.04. The molecule has 0 spiro atoms. The molecular weight excluding hydrogens is 282 g/mol. The number of nitrogens with one attached hydrogen (secondary N) is 1. The lowest BCUT2D eigenvalue weighted by molar-refractivity contribution is -0.137. The number of carboxylic acid groups (broad SMARTS) is 1. The van der Waals surface area contributed by atoms with Crippen molar-refractivity contribution in [2.24, 2.45) is 5.92 Å². The molecule has 3 rings (SSSR count). The lowest BCUT2D eigenvalue weighted by atomic mass is 9.93. The van der Waals surface area contributed by atoms with Gasteiger partial charge in [0.15, 0.2) is 5.69 Å². The number of rotatable bonds is 4. The number of para-hydroxylation sites is 1. The van der Waals surface area contributed by atoms with Crippen molar-refractivity contribution in [2.75, 3.05) is 13.1 Å². The van der Waals surface area contributed by atoms with Crippen LogP contribution in [0.3, 0.4) is 0 Å². The SMILES string of the molecule is O=C(O)CC[C@@H]1CCCN(C(=O)c2n[nH]c3ccccc23)C1. The van der Waals surface area contributed by atoms with Gasteiger partial charge in [-0.25, -0.2) is 0 Å². The van der Waals surface area contributed by atoms with E-state index in [1.165, 1.54) is 0 Å². The molecule has 0 unspecified atom stereocenters. The van der Waals surface area contributed by atoms with Crippen molar-refractivity contribution in [3.05, 3.63) is 30.0 Å². The zero-order valence-electron chi connectivity index (χ0n) is 12.3. The van der Waals surface area contributed by atoms with Gasteiger partial charge in [0.05, 0.1) is 5.52 Å². The molecule has 2 aromatic rings. The van der Waals surface area contributed by atoms with E-state index in [4.69, 9.17) is 5.11 Å². The minimum Gasteiger partial charge on any atom is -0.481 e. The summed E-state index contributed by atoms with van der Waals surface area (Å²) in [6, 6.07) is 7.57. The molecule has 0 bridgehead atoms. The van der Waals surface area contributed by atoms with E-state index in [2.05, 4.69) is 10.2 Å². The molecule has 6 heteroatoms. The Labute approximate surface area is 128 Å². The lowest BCUT2D eigenvalue weighted by Crippen LogP contribution is -2.40. The van der Waals surface area contributed by atoms with Crippen LogP contribution in [0, 0.1) is 5.92 Å². The second-order valence-corrected chi connectivity index (χ2v) is 5.81. The van der Waals surface area contributed by atoms with E-state index in [0.717, 1.165) is 23.7 Å². The maximum Gasteiger partial charge on any atom is 0.303 e. The average Bonchev–Trinajstić information content (AvgIpc) is 2.96. The Balaban J connectivity index is 1.73. The van der Waals surface area contributed by atoms with Gasteiger partial charge in [0, 0.05) is 24.9 Å². The number of benzene rings is 1. The quantitative estimate of drug-likeness (QED) is 0.907. The Kier molecular flexibility index (Phi) is 4.09. The molecule has 0 aliphatic carbocycles. The summed E-state index contributed by atoms with van der Waals surface area (Å²) in [7, 11) is 0. The van der Waals surface area contributed by atoms with Gasteiger partial charge in [0.25, 0.3) is 5.91 Å². The molecule has 1 aliphatic heterocycles. The number of piperidine rings is 1. The highest BCUT2D eigenvalue weighted by Crippen LogP contribution is 2.24. The number of nitrogens with zero attached hydrogens (tertiary/aromatic N) is 2. The van der Waals surface area contributed by atoms with E-state index in [9.17, 15) is 9.59 Å². The van der Waals surface area contributed by atoms with Crippen LogP contribution in [0.5, 0.6) is 0 Å². The zero-order valence-corrected chi connectivity index (χ0v) is 12.3. The molecule has 1 saturated heterocycles. The molecule has 1 aromatic heterocycles. The smallest absolute Gasteiger partial charge is 0.303 e. The molecule has 1 fully saturated rings. The van der Waals surface area contributed by atoms with Crippen molar-refractivity contribution in [3.8, 4) is 0 Å². The number of likely N-dealkylation sites (tertiary alicyclic amines) is 1. The largest absolute Gasteiger partial charge is 0.481 e. The first-order valence-corrected chi connectivity index (χ1v) is 7.59. The summed E-state index contributed by atoms with van der Waals surface area (Å²) in [5.41, 5.74) is 1.31. The van der Waals surface area contributed by atoms with Crippen LogP contribution in [0.15, 0.2) is 24.3 Å². The number of aromatic amines is 1. The van der Waals surface area contributed by atoms with Crippen LogP contribution in [-0.2, 0) is 4.79 Å². The fraction of sp³-hybridized carbons (Fsp3) is 0.438. The Morgan fingerprint density at radius 3 is 3.00 bits per heavy atom. The number of hydrogen-bond donors (Lipinski definition) is 2. The predicted octanol–water partition coefficient (Wildman–Crippen LogP) is 2.28. The van der Waals surface area contributed by atoms with Crippen molar-refractivity contribution in [1.82, 2.24) is 15.1 Å². The van der Waals surface area contributed by atoms with Crippen molar-refractivity contribution in [1.29, 1.82) is 0 Å². The van der Waals surface area contributed by atoms with Crippen LogP contribution < -0.4 is 0 Å². The Hall–Kier alpha value is -2.37. The first kappa shape index (κ1) is 14.6. The number of carboxylic acids is 1. The van der Waals surface area contributed by atoms with Gasteiger partial charge in [0.1, 0.15) is 0 Å². The van der Waals surface area contributed by atoms with Gasteiger partial charge in [-0.1, -0.05) is 18.2 Å². The number of H-pyrrole nitrogens is 1. The molecule has 1 atom stereocenters. The minimum absolute atomic E-state index is 0.0718. The number of carbonyl (C=O) groups is 2. The Bertz CT molecular complexity index is 695. The van der Waals surface area contributed by atoms with Crippen molar-refractivity contribution in [2.45, 2.75) is 25.7 Å². The van der Waals surface area contributed by atoms with Gasteiger partial charge in [0.2, 0.25) is 0 Å². The monoisotopic (exact) mass is 301 g/mol. The predicted molar refractivity (Wildman–Crippen MR) is 81.6 cm³/mol. The second kappa shape index (κ2) is 6.17. The molecule has 1 amide bonds. The average molecular weight is 301 g/mol. The summed E-state index contributed by atoms with van der Waals surface area (Å²) in [5, 5.41) is 16.7. The van der Waals surface area contributed by atoms with E-state index in [-0.39, 0.29) is 18.2 Å². The van der Waals surface area contributed by atoms with Gasteiger partial charge in [-0.3, -0.25) is 14.7 Å². The van der Waals surface area contributed by atoms with Crippen molar-refractivity contribution < 1.29 is 14.7 Å². The number of fused-ring (bicyclic) bond motifs is 1. The van der Waals surface area contributed by atoms with E-state index >= 15 is 0 Å². The molecular formula is C16H19N3O3. The Morgan fingerprint density at radius 1 is 1.36 bits per heavy atom. The third-order valence-electron chi connectivity index (χ3n) is 4.25. The number of amides is 1. The zero-order chi connectivity index (χ0) is 15.5. The molecule has 1 aromatic carbocycles. The fourth-order valence-corrected chi connectivity index (χ4v) is 3.09. The van der Waals surface area contributed by atoms with E-state index < -0.39 is 5.97 Å². The molecule has 1 aliphatic rings. The van der Waals surface area contributed by atoms with Crippen molar-refractivity contribution in [3.63, 3.8) is 0 Å². The summed E-state index contributed by atoms with van der Waals surface area (Å²) in [4.78, 5) is 25.2. The summed E-state index contributed by atoms with van der Waals surface area (Å²) < 4.78 is 0. The maximum absolute atomic E-state index is 12.7. The Morgan fingerprint density at radius 2 is 2.18 bits per heavy atom. The van der Waals surface area contributed by atoms with Crippen LogP contribution in [0.25, 0.3) is 10.9 Å². The van der Waals surface area contributed by atoms with Crippen LogP contribution in [0.4, 0.5) is 0 Å². The molecule has 0 radical (unpaired) electrons. The second-order valence-electron chi connectivity index (χ2n) is 5.81. The first-order chi connectivity index (χ1) is 10.6. The number of aliphatic carboxylic acids is 1. The summed E-state index contributed by atoms with van der Waals surface area (Å²) in [6.07, 6.45) is 2.69. The van der Waals surface area contributed by atoms with Gasteiger partial charge in [-0.2, -0.15) is 5.10 Å². The maximum atomic E-state index is 12.7. The molecule has 116 valence electrons. The van der Waals surface area contributed by atoms with Crippen LogP contribution in [0.2, 0.25) is 0 Å². The summed E-state index contributed by atoms with van der Waals surface area (Å²) in [6.45, 7) is 1.33. The number of carbonyl (C=O) groups excluding carboxylic acids is 1. The molecule has 2 heterocycles. The fourth-order valence-electron chi connectivity index (χ4n) is 3.09. The third-order valence-corrected chi connectivity index (χ3v) is 4.25. The molecule has 6 nitrogen and oxygen atoms in total. The van der Waals surface area contributed by atoms with Gasteiger partial charge >= 0.3 is 5.97 Å². The van der Waals surface area contributed by atoms with E-state index in [0.29, 0.717) is 25.2 Å². The standard InChI is InChI=1S/C16H19N3O3/c20-14(21)8-7-11-4-3-9-19(10-11)16(22)15-12-5-1-2-6-13(12)17-18-15/h1-2,5-6,11H,3-4,7-10H2,(H,17,18)(H,20,21)/t11-/m0/s1. The highest BCUT2D eigenvalue weighted by atomic mass is 16.4. The van der Waals surface area contributed by atoms with E-state index in [1.54, 1.807) is 4.90 Å². The highest BCUT2D eigenvalue weighted by Gasteiger charge is 2.27. The normalized spacial score (nSPS) is 18.5. The van der Waals surface area contributed by atoms with Crippen LogP contribution in [0.1, 0.15) is 36.2 Å². The van der Waals surface area contributed by atoms with Gasteiger partial charge in [-0.05, 0) is 31.2 Å². The topological polar surface area (TPSA) is 86.3 Å². The molecule has 2 N–H and O–H groups in total. The molecule has 22 heavy (non-hydrogen) atoms. The van der Waals surface area contributed by atoms with E-state index in [1.807, 2.05) is 24.3 Å². The van der Waals surface area contributed by atoms with Gasteiger partial charge in [-0.15, -0.1) is 0 Å². The number of aromatic nitrogens is 2. The number of hydrogen-bond acceptors (Lipinski definition) is 3. The van der Waals surface area contributed by atoms with Crippen LogP contribution >= 0.6 is 0 Å². The summed E-state index contributed by atoms with van der Waals surface area (Å²) in [5.74, 6) is -0.585. The van der Waals surface area contributed by atoms with Gasteiger partial charge < -0.3 is 10.0 Å².